The number of phenolic OH excluding ortho intramolecular Hbond substituents is 1. The zero-order valence-corrected chi connectivity index (χ0v) is 9.57. The van der Waals surface area contributed by atoms with Crippen LogP contribution in [0.2, 0.25) is 0 Å². The highest BCUT2D eigenvalue weighted by atomic mass is 79.9. The second-order valence-electron chi connectivity index (χ2n) is 3.60. The van der Waals surface area contributed by atoms with Gasteiger partial charge in [-0.2, -0.15) is 0 Å². The van der Waals surface area contributed by atoms with E-state index in [9.17, 15) is 9.90 Å². The minimum atomic E-state index is -0.138. The molecule has 1 aliphatic rings. The van der Waals surface area contributed by atoms with Crippen molar-refractivity contribution in [2.75, 3.05) is 11.4 Å². The van der Waals surface area contributed by atoms with Gasteiger partial charge in [0.2, 0.25) is 5.91 Å². The molecule has 0 radical (unpaired) electrons. The van der Waals surface area contributed by atoms with Crippen LogP contribution in [0.4, 0.5) is 5.69 Å². The van der Waals surface area contributed by atoms with Crippen molar-refractivity contribution >= 4 is 27.5 Å². The maximum atomic E-state index is 11.5. The van der Waals surface area contributed by atoms with Crippen LogP contribution in [0.3, 0.4) is 0 Å². The van der Waals surface area contributed by atoms with Crippen molar-refractivity contribution in [1.82, 2.24) is 0 Å². The van der Waals surface area contributed by atoms with Gasteiger partial charge in [0.25, 0.3) is 0 Å². The number of carbonyl (C=O) groups excluding carboxylic acids is 1. The van der Waals surface area contributed by atoms with Gasteiger partial charge in [-0.25, -0.2) is 0 Å². The van der Waals surface area contributed by atoms with Crippen LogP contribution in [0.15, 0.2) is 22.7 Å². The number of halogens is 1. The molecule has 1 aromatic rings. The van der Waals surface area contributed by atoms with Gasteiger partial charge in [-0.3, -0.25) is 4.79 Å². The maximum Gasteiger partial charge on any atom is 0.228 e. The third-order valence-electron chi connectivity index (χ3n) is 2.38. The molecule has 1 atom stereocenters. The molecule has 15 heavy (non-hydrogen) atoms. The minimum absolute atomic E-state index is 0.0416. The number of aromatic hydroxyl groups is 1. The number of carbonyl (C=O) groups is 1. The van der Waals surface area contributed by atoms with E-state index < -0.39 is 0 Å². The molecule has 5 heteroatoms. The Morgan fingerprint density at radius 2 is 2.27 bits per heavy atom. The quantitative estimate of drug-likeness (QED) is 0.807. The van der Waals surface area contributed by atoms with Gasteiger partial charge in [0.1, 0.15) is 5.75 Å². The Balaban J connectivity index is 2.34. The molecule has 2 rings (SSSR count). The van der Waals surface area contributed by atoms with E-state index in [1.807, 2.05) is 0 Å². The van der Waals surface area contributed by atoms with E-state index in [1.54, 1.807) is 18.2 Å². The van der Waals surface area contributed by atoms with Crippen molar-refractivity contribution < 1.29 is 9.90 Å². The van der Waals surface area contributed by atoms with Gasteiger partial charge in [0.05, 0.1) is 5.69 Å². The Morgan fingerprint density at radius 3 is 2.80 bits per heavy atom. The van der Waals surface area contributed by atoms with Crippen molar-refractivity contribution in [1.29, 1.82) is 0 Å². The van der Waals surface area contributed by atoms with Gasteiger partial charge in [-0.05, 0) is 18.2 Å². The number of nitrogens with two attached hydrogens (primary N) is 1. The normalized spacial score (nSPS) is 21.1. The van der Waals surface area contributed by atoms with Crippen LogP contribution in [0.25, 0.3) is 0 Å². The van der Waals surface area contributed by atoms with Crippen LogP contribution in [-0.2, 0) is 4.79 Å². The van der Waals surface area contributed by atoms with E-state index in [0.29, 0.717) is 18.7 Å². The number of rotatable bonds is 1. The molecule has 0 saturated carbocycles. The third kappa shape index (κ3) is 1.98. The Bertz CT molecular complexity index is 408. The number of hydrogen-bond donors (Lipinski definition) is 2. The lowest BCUT2D eigenvalue weighted by molar-refractivity contribution is -0.117. The first-order valence-corrected chi connectivity index (χ1v) is 5.41. The number of amides is 1. The molecule has 1 unspecified atom stereocenters. The summed E-state index contributed by atoms with van der Waals surface area (Å²) in [5, 5.41) is 9.69. The fourth-order valence-corrected chi connectivity index (χ4v) is 2.04. The van der Waals surface area contributed by atoms with E-state index in [4.69, 9.17) is 5.73 Å². The summed E-state index contributed by atoms with van der Waals surface area (Å²) in [5.74, 6) is 0.0481. The Hall–Kier alpha value is -1.07. The average Bonchev–Trinajstić information content (AvgIpc) is 2.45. The number of phenols is 1. The van der Waals surface area contributed by atoms with Crippen molar-refractivity contribution in [2.45, 2.75) is 12.5 Å². The number of anilines is 1. The zero-order chi connectivity index (χ0) is 11.0. The highest BCUT2D eigenvalue weighted by Crippen LogP contribution is 2.32. The van der Waals surface area contributed by atoms with Crippen LogP contribution in [0.5, 0.6) is 5.75 Å². The van der Waals surface area contributed by atoms with Crippen LogP contribution >= 0.6 is 15.9 Å². The standard InChI is InChI=1S/C10H11BrN2O2/c11-6-1-2-8(9(14)3-6)13-5-7(12)4-10(13)15/h1-3,7,14H,4-5,12H2. The maximum absolute atomic E-state index is 11.5. The lowest BCUT2D eigenvalue weighted by Crippen LogP contribution is -2.27. The molecule has 0 bridgehead atoms. The Morgan fingerprint density at radius 1 is 1.53 bits per heavy atom. The molecule has 0 spiro atoms. The van der Waals surface area contributed by atoms with E-state index >= 15 is 0 Å². The van der Waals surface area contributed by atoms with Crippen molar-refractivity contribution in [2.24, 2.45) is 5.73 Å². The molecular formula is C10H11BrN2O2. The molecule has 80 valence electrons. The highest BCUT2D eigenvalue weighted by Gasteiger charge is 2.29. The summed E-state index contributed by atoms with van der Waals surface area (Å²) in [6.45, 7) is 0.466. The zero-order valence-electron chi connectivity index (χ0n) is 7.98. The predicted molar refractivity (Wildman–Crippen MR) is 60.8 cm³/mol. The molecular weight excluding hydrogens is 260 g/mol. The van der Waals surface area contributed by atoms with E-state index in [0.717, 1.165) is 4.47 Å². The lowest BCUT2D eigenvalue weighted by Gasteiger charge is -2.17. The van der Waals surface area contributed by atoms with Crippen molar-refractivity contribution in [3.63, 3.8) is 0 Å². The topological polar surface area (TPSA) is 66.6 Å². The molecule has 1 amide bonds. The SMILES string of the molecule is NC1CC(=O)N(c2ccc(Br)cc2O)C1. The fourth-order valence-electron chi connectivity index (χ4n) is 1.69. The Kier molecular flexibility index (Phi) is 2.67. The first kappa shape index (κ1) is 10.4. The minimum Gasteiger partial charge on any atom is -0.506 e. The lowest BCUT2D eigenvalue weighted by atomic mass is 10.2. The molecule has 0 aliphatic carbocycles. The third-order valence-corrected chi connectivity index (χ3v) is 2.88. The molecule has 4 nitrogen and oxygen atoms in total. The van der Waals surface area contributed by atoms with Crippen molar-refractivity contribution in [3.8, 4) is 5.75 Å². The van der Waals surface area contributed by atoms with Crippen molar-refractivity contribution in [3.05, 3.63) is 22.7 Å². The van der Waals surface area contributed by atoms with Gasteiger partial charge < -0.3 is 15.7 Å². The summed E-state index contributed by atoms with van der Waals surface area (Å²) < 4.78 is 0.777. The molecule has 0 aromatic heterocycles. The summed E-state index contributed by atoms with van der Waals surface area (Å²) in [7, 11) is 0. The molecule has 1 aliphatic heterocycles. The first-order valence-electron chi connectivity index (χ1n) is 4.62. The van der Waals surface area contributed by atoms with Gasteiger partial charge >= 0.3 is 0 Å². The second-order valence-corrected chi connectivity index (χ2v) is 4.52. The summed E-state index contributed by atoms with van der Waals surface area (Å²) in [6, 6.07) is 4.91. The summed E-state index contributed by atoms with van der Waals surface area (Å²) in [6.07, 6.45) is 0.343. The van der Waals surface area contributed by atoms with Crippen LogP contribution in [0, 0.1) is 0 Å². The summed E-state index contributed by atoms with van der Waals surface area (Å²) >= 11 is 3.24. The Labute approximate surface area is 95.8 Å². The molecule has 1 aromatic carbocycles. The average molecular weight is 271 g/mol. The summed E-state index contributed by atoms with van der Waals surface area (Å²) in [4.78, 5) is 13.1. The molecule has 1 fully saturated rings. The molecule has 3 N–H and O–H groups in total. The largest absolute Gasteiger partial charge is 0.506 e. The highest BCUT2D eigenvalue weighted by molar-refractivity contribution is 9.10. The van der Waals surface area contributed by atoms with Gasteiger partial charge in [0, 0.05) is 23.5 Å². The monoisotopic (exact) mass is 270 g/mol. The van der Waals surface area contributed by atoms with E-state index in [1.165, 1.54) is 4.90 Å². The number of hydrogen-bond acceptors (Lipinski definition) is 3. The predicted octanol–water partition coefficient (Wildman–Crippen LogP) is 1.22. The number of benzene rings is 1. The van der Waals surface area contributed by atoms with Crippen LogP contribution in [0.1, 0.15) is 6.42 Å². The van der Waals surface area contributed by atoms with E-state index in [2.05, 4.69) is 15.9 Å². The van der Waals surface area contributed by atoms with Gasteiger partial charge in [-0.1, -0.05) is 15.9 Å². The molecule has 1 saturated heterocycles. The van der Waals surface area contributed by atoms with Gasteiger partial charge in [0.15, 0.2) is 0 Å². The number of nitrogens with zero attached hydrogens (tertiary/aromatic N) is 1. The van der Waals surface area contributed by atoms with Crippen LogP contribution in [-0.4, -0.2) is 23.6 Å². The fraction of sp³-hybridized carbons (Fsp3) is 0.300. The smallest absolute Gasteiger partial charge is 0.228 e. The summed E-state index contributed by atoms with van der Waals surface area (Å²) in [5.41, 5.74) is 6.20. The van der Waals surface area contributed by atoms with Crippen LogP contribution < -0.4 is 10.6 Å². The second kappa shape index (κ2) is 3.83. The first-order chi connectivity index (χ1) is 7.08. The van der Waals surface area contributed by atoms with E-state index in [-0.39, 0.29) is 17.7 Å². The van der Waals surface area contributed by atoms with Gasteiger partial charge in [-0.15, -0.1) is 0 Å². The molecule has 1 heterocycles.